The van der Waals surface area contributed by atoms with Crippen LogP contribution in [0.25, 0.3) is 5.78 Å². The lowest BCUT2D eigenvalue weighted by molar-refractivity contribution is 0.415. The molecular weight excluding hydrogens is 328 g/mol. The average molecular weight is 350 g/mol. The van der Waals surface area contributed by atoms with E-state index in [9.17, 15) is 0 Å². The Morgan fingerprint density at radius 3 is 2.50 bits per heavy atom. The highest BCUT2D eigenvalue weighted by molar-refractivity contribution is 5.58. The van der Waals surface area contributed by atoms with Gasteiger partial charge in [-0.1, -0.05) is 0 Å². The Kier molecular flexibility index (Phi) is 3.65. The number of hydrogen-bond donors (Lipinski definition) is 0. The van der Waals surface area contributed by atoms with Crippen LogP contribution in [0, 0.1) is 0 Å². The highest BCUT2D eigenvalue weighted by Crippen LogP contribution is 2.31. The van der Waals surface area contributed by atoms with Gasteiger partial charge in [-0.3, -0.25) is 0 Å². The first-order valence-electron chi connectivity index (χ1n) is 9.19. The molecule has 7 heteroatoms. The van der Waals surface area contributed by atoms with Gasteiger partial charge in [-0.25, -0.2) is 4.98 Å². The molecule has 0 atom stereocenters. The summed E-state index contributed by atoms with van der Waals surface area (Å²) in [6, 6.07) is 8.31. The van der Waals surface area contributed by atoms with Gasteiger partial charge in [0.15, 0.2) is 0 Å². The van der Waals surface area contributed by atoms with Gasteiger partial charge in [0.25, 0.3) is 5.78 Å². The maximum Gasteiger partial charge on any atom is 0.254 e. The summed E-state index contributed by atoms with van der Waals surface area (Å²) >= 11 is 0. The van der Waals surface area contributed by atoms with Gasteiger partial charge in [-0.2, -0.15) is 14.6 Å². The van der Waals surface area contributed by atoms with Crippen LogP contribution in [0.15, 0.2) is 30.6 Å². The fraction of sp³-hybridized carbons (Fsp3) is 0.421. The molecule has 0 unspecified atom stereocenters. The number of nitrogens with zero attached hydrogens (tertiary/aromatic N) is 6. The Bertz CT molecular complexity index is 927. The van der Waals surface area contributed by atoms with E-state index in [4.69, 9.17) is 9.72 Å². The summed E-state index contributed by atoms with van der Waals surface area (Å²) < 4.78 is 7.18. The predicted octanol–water partition coefficient (Wildman–Crippen LogP) is 1.95. The summed E-state index contributed by atoms with van der Waals surface area (Å²) in [5.41, 5.74) is 3.82. The molecule has 5 rings (SSSR count). The Morgan fingerprint density at radius 1 is 0.962 bits per heavy atom. The molecule has 0 saturated carbocycles. The van der Waals surface area contributed by atoms with Crippen LogP contribution in [-0.2, 0) is 12.8 Å². The second-order valence-electron chi connectivity index (χ2n) is 6.86. The summed E-state index contributed by atoms with van der Waals surface area (Å²) in [6.07, 6.45) is 4.92. The minimum absolute atomic E-state index is 0.721. The van der Waals surface area contributed by atoms with E-state index in [2.05, 4.69) is 32.0 Å². The molecule has 3 heterocycles. The van der Waals surface area contributed by atoms with Gasteiger partial charge >= 0.3 is 0 Å². The van der Waals surface area contributed by atoms with Gasteiger partial charge in [-0.05, 0) is 43.5 Å². The molecular formula is C19H22N6O. The van der Waals surface area contributed by atoms with E-state index in [0.29, 0.717) is 0 Å². The van der Waals surface area contributed by atoms with Crippen molar-refractivity contribution in [3.63, 3.8) is 0 Å². The standard InChI is InChI=1S/C19H22N6O/c1-26-15-7-5-14(6-8-15)23-9-11-24(12-10-23)18-16-3-2-4-17(16)22-19-20-13-21-25(18)19/h5-8,13H,2-4,9-12H2,1H3. The Morgan fingerprint density at radius 2 is 1.73 bits per heavy atom. The van der Waals surface area contributed by atoms with Gasteiger partial charge in [-0.15, -0.1) is 0 Å². The summed E-state index contributed by atoms with van der Waals surface area (Å²) in [7, 11) is 1.70. The quantitative estimate of drug-likeness (QED) is 0.720. The molecule has 1 aliphatic heterocycles. The molecule has 2 aliphatic rings. The molecule has 2 aromatic heterocycles. The van der Waals surface area contributed by atoms with Gasteiger partial charge in [0.05, 0.1) is 12.8 Å². The second-order valence-corrected chi connectivity index (χ2v) is 6.86. The monoisotopic (exact) mass is 350 g/mol. The molecule has 0 bridgehead atoms. The zero-order valence-corrected chi connectivity index (χ0v) is 14.9. The molecule has 1 saturated heterocycles. The average Bonchev–Trinajstić information content (AvgIpc) is 3.35. The zero-order valence-electron chi connectivity index (χ0n) is 14.9. The lowest BCUT2D eigenvalue weighted by Crippen LogP contribution is -2.47. The summed E-state index contributed by atoms with van der Waals surface area (Å²) in [5, 5.41) is 4.44. The molecule has 0 radical (unpaired) electrons. The first-order chi connectivity index (χ1) is 12.8. The van der Waals surface area contributed by atoms with Crippen molar-refractivity contribution < 1.29 is 4.74 Å². The number of hydrogen-bond acceptors (Lipinski definition) is 6. The van der Waals surface area contributed by atoms with Crippen molar-refractivity contribution in [2.24, 2.45) is 0 Å². The number of anilines is 2. The minimum Gasteiger partial charge on any atom is -0.497 e. The molecule has 1 fully saturated rings. The number of aromatic nitrogens is 4. The fourth-order valence-electron chi connectivity index (χ4n) is 4.10. The molecule has 134 valence electrons. The molecule has 0 spiro atoms. The van der Waals surface area contributed by atoms with Crippen molar-refractivity contribution in [3.05, 3.63) is 41.9 Å². The minimum atomic E-state index is 0.721. The van der Waals surface area contributed by atoms with Crippen LogP contribution in [0.5, 0.6) is 5.75 Å². The number of methoxy groups -OCH3 is 1. The molecule has 1 aromatic carbocycles. The molecule has 0 N–H and O–H groups in total. The van der Waals surface area contributed by atoms with E-state index in [-0.39, 0.29) is 0 Å². The van der Waals surface area contributed by atoms with Crippen molar-refractivity contribution in [2.45, 2.75) is 19.3 Å². The van der Waals surface area contributed by atoms with Crippen molar-refractivity contribution in [2.75, 3.05) is 43.1 Å². The second kappa shape index (κ2) is 6.16. The molecule has 3 aromatic rings. The summed E-state index contributed by atoms with van der Waals surface area (Å²) in [4.78, 5) is 13.9. The van der Waals surface area contributed by atoms with Crippen LogP contribution in [-0.4, -0.2) is 52.9 Å². The van der Waals surface area contributed by atoms with Crippen LogP contribution in [0.4, 0.5) is 11.5 Å². The molecule has 26 heavy (non-hydrogen) atoms. The smallest absolute Gasteiger partial charge is 0.254 e. The van der Waals surface area contributed by atoms with E-state index < -0.39 is 0 Å². The molecule has 1 aliphatic carbocycles. The maximum absolute atomic E-state index is 5.26. The zero-order chi connectivity index (χ0) is 17.5. The van der Waals surface area contributed by atoms with Crippen molar-refractivity contribution >= 4 is 17.3 Å². The fourth-order valence-corrected chi connectivity index (χ4v) is 4.10. The highest BCUT2D eigenvalue weighted by atomic mass is 16.5. The Balaban J connectivity index is 1.40. The number of piperazine rings is 1. The van der Waals surface area contributed by atoms with Gasteiger partial charge < -0.3 is 14.5 Å². The summed E-state index contributed by atoms with van der Waals surface area (Å²) in [6.45, 7) is 3.91. The molecule has 0 amide bonds. The molecule has 7 nitrogen and oxygen atoms in total. The van der Waals surface area contributed by atoms with Crippen LogP contribution < -0.4 is 14.5 Å². The van der Waals surface area contributed by atoms with Gasteiger partial charge in [0.1, 0.15) is 17.9 Å². The third kappa shape index (κ3) is 2.46. The largest absolute Gasteiger partial charge is 0.497 e. The van der Waals surface area contributed by atoms with Gasteiger partial charge in [0, 0.05) is 37.4 Å². The topological polar surface area (TPSA) is 58.8 Å². The predicted molar refractivity (Wildman–Crippen MR) is 100 cm³/mol. The Labute approximate surface area is 152 Å². The van der Waals surface area contributed by atoms with Gasteiger partial charge in [0.2, 0.25) is 0 Å². The third-order valence-corrected chi connectivity index (χ3v) is 5.44. The van der Waals surface area contributed by atoms with E-state index in [1.165, 1.54) is 29.2 Å². The van der Waals surface area contributed by atoms with Crippen molar-refractivity contribution in [1.29, 1.82) is 0 Å². The number of rotatable bonds is 3. The first-order valence-corrected chi connectivity index (χ1v) is 9.19. The van der Waals surface area contributed by atoms with Crippen LogP contribution in [0.1, 0.15) is 17.7 Å². The number of aryl methyl sites for hydroxylation is 1. The SMILES string of the molecule is COc1ccc(N2CCN(c3c4c(nc5ncnn35)CCC4)CC2)cc1. The van der Waals surface area contributed by atoms with E-state index in [1.807, 2.05) is 16.6 Å². The van der Waals surface area contributed by atoms with Crippen LogP contribution >= 0.6 is 0 Å². The number of ether oxygens (including phenoxy) is 1. The lowest BCUT2D eigenvalue weighted by atomic mass is 10.2. The summed E-state index contributed by atoms with van der Waals surface area (Å²) in [5.74, 6) is 2.82. The van der Waals surface area contributed by atoms with E-state index in [0.717, 1.165) is 50.5 Å². The van der Waals surface area contributed by atoms with Crippen molar-refractivity contribution in [1.82, 2.24) is 19.6 Å². The van der Waals surface area contributed by atoms with E-state index in [1.54, 1.807) is 13.4 Å². The lowest BCUT2D eigenvalue weighted by Gasteiger charge is -2.38. The number of benzene rings is 1. The normalized spacial score (nSPS) is 17.0. The number of fused-ring (bicyclic) bond motifs is 2. The van der Waals surface area contributed by atoms with Crippen LogP contribution in [0.2, 0.25) is 0 Å². The maximum atomic E-state index is 5.26. The highest BCUT2D eigenvalue weighted by Gasteiger charge is 2.27. The van der Waals surface area contributed by atoms with Crippen molar-refractivity contribution in [3.8, 4) is 5.75 Å². The van der Waals surface area contributed by atoms with E-state index >= 15 is 0 Å². The first kappa shape index (κ1) is 15.4. The van der Waals surface area contributed by atoms with Crippen LogP contribution in [0.3, 0.4) is 0 Å². The Hall–Kier alpha value is -2.83. The third-order valence-electron chi connectivity index (χ3n) is 5.44.